The zero-order chi connectivity index (χ0) is 17.8. The molecule has 132 valence electrons. The van der Waals surface area contributed by atoms with Crippen molar-refractivity contribution in [2.24, 2.45) is 5.92 Å². The van der Waals surface area contributed by atoms with E-state index in [1.165, 1.54) is 0 Å². The summed E-state index contributed by atoms with van der Waals surface area (Å²) in [4.78, 5) is 12.1. The maximum Gasteiger partial charge on any atom is 0.251 e. The third-order valence-corrected chi connectivity index (χ3v) is 4.35. The van der Waals surface area contributed by atoms with Gasteiger partial charge in [-0.05, 0) is 54.2 Å². The first kappa shape index (κ1) is 17.4. The van der Waals surface area contributed by atoms with Crippen molar-refractivity contribution in [2.45, 2.75) is 12.8 Å². The molecule has 0 bridgehead atoms. The summed E-state index contributed by atoms with van der Waals surface area (Å²) in [7, 11) is 0. The smallest absolute Gasteiger partial charge is 0.251 e. The molecule has 1 atom stereocenters. The van der Waals surface area contributed by atoms with E-state index in [9.17, 15) is 18.7 Å². The zero-order valence-corrected chi connectivity index (χ0v) is 13.6. The number of phenolic OH excluding ortho intramolecular Hbond substituents is 1. The molecule has 0 aliphatic carbocycles. The molecule has 1 saturated heterocycles. The number of amides is 1. The van der Waals surface area contributed by atoms with Crippen molar-refractivity contribution in [2.75, 3.05) is 19.8 Å². The Hall–Kier alpha value is -2.47. The second kappa shape index (κ2) is 7.61. The van der Waals surface area contributed by atoms with E-state index in [-0.39, 0.29) is 5.91 Å². The highest BCUT2D eigenvalue weighted by Crippen LogP contribution is 2.28. The Morgan fingerprint density at radius 2 is 1.96 bits per heavy atom. The first-order valence-electron chi connectivity index (χ1n) is 8.19. The van der Waals surface area contributed by atoms with Gasteiger partial charge < -0.3 is 15.2 Å². The van der Waals surface area contributed by atoms with Crippen LogP contribution in [0.25, 0.3) is 11.1 Å². The van der Waals surface area contributed by atoms with Crippen molar-refractivity contribution < 1.29 is 23.4 Å². The minimum Gasteiger partial charge on any atom is -0.505 e. The molecule has 0 saturated carbocycles. The fourth-order valence-corrected chi connectivity index (χ4v) is 2.86. The number of nitrogens with one attached hydrogen (secondary N) is 1. The summed E-state index contributed by atoms with van der Waals surface area (Å²) in [6.07, 6.45) is 1.92. The molecule has 6 heteroatoms. The summed E-state index contributed by atoms with van der Waals surface area (Å²) in [5.74, 6) is -2.81. The summed E-state index contributed by atoms with van der Waals surface area (Å²) in [6.45, 7) is 2.14. The van der Waals surface area contributed by atoms with Gasteiger partial charge in [0.15, 0.2) is 17.4 Å². The first-order valence-corrected chi connectivity index (χ1v) is 8.19. The van der Waals surface area contributed by atoms with Crippen molar-refractivity contribution in [3.63, 3.8) is 0 Å². The van der Waals surface area contributed by atoms with E-state index < -0.39 is 17.4 Å². The quantitative estimate of drug-likeness (QED) is 0.870. The monoisotopic (exact) mass is 347 g/mol. The van der Waals surface area contributed by atoms with E-state index >= 15 is 0 Å². The number of ether oxygens (including phenoxy) is 1. The van der Waals surface area contributed by atoms with Gasteiger partial charge in [0.2, 0.25) is 0 Å². The van der Waals surface area contributed by atoms with Crippen LogP contribution in [0.3, 0.4) is 0 Å². The number of benzene rings is 2. The van der Waals surface area contributed by atoms with E-state index in [0.717, 1.165) is 38.2 Å². The van der Waals surface area contributed by atoms with E-state index in [4.69, 9.17) is 4.74 Å². The highest BCUT2D eigenvalue weighted by Gasteiger charge is 2.16. The number of carbonyl (C=O) groups excluding carboxylic acids is 1. The minimum absolute atomic E-state index is 0.182. The van der Waals surface area contributed by atoms with Gasteiger partial charge in [0.05, 0.1) is 0 Å². The maximum absolute atomic E-state index is 13.4. The van der Waals surface area contributed by atoms with Crippen LogP contribution in [-0.4, -0.2) is 30.8 Å². The van der Waals surface area contributed by atoms with Gasteiger partial charge in [-0.25, -0.2) is 4.39 Å². The Labute approximate surface area is 144 Å². The van der Waals surface area contributed by atoms with Gasteiger partial charge in [0, 0.05) is 25.3 Å². The van der Waals surface area contributed by atoms with Crippen LogP contribution < -0.4 is 5.32 Å². The molecule has 1 amide bonds. The number of aromatic hydroxyl groups is 1. The fourth-order valence-electron chi connectivity index (χ4n) is 2.86. The second-order valence-electron chi connectivity index (χ2n) is 6.14. The molecule has 4 nitrogen and oxygen atoms in total. The van der Waals surface area contributed by atoms with E-state index in [1.807, 2.05) is 0 Å². The number of hydrogen-bond donors (Lipinski definition) is 2. The van der Waals surface area contributed by atoms with Crippen LogP contribution in [0.4, 0.5) is 8.78 Å². The average molecular weight is 347 g/mol. The predicted molar refractivity (Wildman–Crippen MR) is 89.3 cm³/mol. The largest absolute Gasteiger partial charge is 0.505 e. The highest BCUT2D eigenvalue weighted by molar-refractivity contribution is 5.94. The second-order valence-corrected chi connectivity index (χ2v) is 6.14. The molecule has 1 heterocycles. The zero-order valence-electron chi connectivity index (χ0n) is 13.6. The van der Waals surface area contributed by atoms with Crippen LogP contribution >= 0.6 is 0 Å². The molecule has 1 unspecified atom stereocenters. The molecule has 25 heavy (non-hydrogen) atoms. The maximum atomic E-state index is 13.4. The Bertz CT molecular complexity index is 733. The molecule has 2 aromatic carbocycles. The van der Waals surface area contributed by atoms with Gasteiger partial charge in [0.1, 0.15) is 0 Å². The van der Waals surface area contributed by atoms with Gasteiger partial charge in [-0.15, -0.1) is 0 Å². The molecule has 1 aliphatic rings. The lowest BCUT2D eigenvalue weighted by Crippen LogP contribution is -2.26. The third kappa shape index (κ3) is 4.14. The Kier molecular flexibility index (Phi) is 5.28. The van der Waals surface area contributed by atoms with Crippen LogP contribution in [0.2, 0.25) is 0 Å². The van der Waals surface area contributed by atoms with Gasteiger partial charge in [-0.2, -0.15) is 4.39 Å². The Morgan fingerprint density at radius 1 is 1.20 bits per heavy atom. The Balaban J connectivity index is 1.62. The van der Waals surface area contributed by atoms with E-state index in [1.54, 1.807) is 24.3 Å². The molecule has 0 spiro atoms. The predicted octanol–water partition coefficient (Wildman–Crippen LogP) is 3.49. The first-order chi connectivity index (χ1) is 12.0. The molecule has 0 aromatic heterocycles. The lowest BCUT2D eigenvalue weighted by atomic mass is 10.0. The minimum atomic E-state index is -1.27. The summed E-state index contributed by atoms with van der Waals surface area (Å²) < 4.78 is 31.8. The topological polar surface area (TPSA) is 58.6 Å². The summed E-state index contributed by atoms with van der Waals surface area (Å²) in [6, 6.07) is 8.64. The molecule has 1 aliphatic heterocycles. The normalized spacial score (nSPS) is 16.8. The third-order valence-electron chi connectivity index (χ3n) is 4.35. The van der Waals surface area contributed by atoms with E-state index in [2.05, 4.69) is 5.32 Å². The number of phenols is 1. The van der Waals surface area contributed by atoms with Crippen molar-refractivity contribution in [3.8, 4) is 16.9 Å². The molecule has 2 N–H and O–H groups in total. The van der Waals surface area contributed by atoms with Gasteiger partial charge in [-0.1, -0.05) is 12.1 Å². The standard InChI is InChI=1S/C19H19F2NO3/c20-16-9-15(10-17(23)18(16)21)13-1-3-14(4-2-13)19(24)22-7-5-12-6-8-25-11-12/h1-4,9-10,12,23H,5-8,11H2,(H,22,24). The fraction of sp³-hybridized carbons (Fsp3) is 0.316. The van der Waals surface area contributed by atoms with Crippen LogP contribution in [-0.2, 0) is 4.74 Å². The highest BCUT2D eigenvalue weighted by atomic mass is 19.2. The average Bonchev–Trinajstić information content (AvgIpc) is 3.12. The van der Waals surface area contributed by atoms with Crippen LogP contribution in [0.1, 0.15) is 23.2 Å². The SMILES string of the molecule is O=C(NCCC1CCOC1)c1ccc(-c2cc(O)c(F)c(F)c2)cc1. The Morgan fingerprint density at radius 3 is 2.60 bits per heavy atom. The van der Waals surface area contributed by atoms with Crippen molar-refractivity contribution >= 4 is 5.91 Å². The summed E-state index contributed by atoms with van der Waals surface area (Å²) in [5.41, 5.74) is 1.40. The number of halogens is 2. The van der Waals surface area contributed by atoms with Crippen molar-refractivity contribution in [1.82, 2.24) is 5.32 Å². The number of hydrogen-bond acceptors (Lipinski definition) is 3. The van der Waals surface area contributed by atoms with Gasteiger partial charge >= 0.3 is 0 Å². The lowest BCUT2D eigenvalue weighted by Gasteiger charge is -2.09. The van der Waals surface area contributed by atoms with E-state index in [0.29, 0.717) is 29.2 Å². The molecular weight excluding hydrogens is 328 g/mol. The molecule has 0 radical (unpaired) electrons. The number of carbonyl (C=O) groups is 1. The molecule has 3 rings (SSSR count). The van der Waals surface area contributed by atoms with Crippen LogP contribution in [0, 0.1) is 17.6 Å². The molecule has 2 aromatic rings. The van der Waals surface area contributed by atoms with Crippen molar-refractivity contribution in [3.05, 3.63) is 53.6 Å². The van der Waals surface area contributed by atoms with Crippen molar-refractivity contribution in [1.29, 1.82) is 0 Å². The molecular formula is C19H19F2NO3. The summed E-state index contributed by atoms with van der Waals surface area (Å²) in [5, 5.41) is 12.3. The van der Waals surface area contributed by atoms with Crippen LogP contribution in [0.15, 0.2) is 36.4 Å². The van der Waals surface area contributed by atoms with Gasteiger partial charge in [-0.3, -0.25) is 4.79 Å². The lowest BCUT2D eigenvalue weighted by molar-refractivity contribution is 0.0950. The van der Waals surface area contributed by atoms with Crippen LogP contribution in [0.5, 0.6) is 5.75 Å². The molecule has 1 fully saturated rings. The summed E-state index contributed by atoms with van der Waals surface area (Å²) >= 11 is 0. The van der Waals surface area contributed by atoms with Gasteiger partial charge in [0.25, 0.3) is 5.91 Å². The number of rotatable bonds is 5.